The van der Waals surface area contributed by atoms with E-state index in [4.69, 9.17) is 4.74 Å². The highest BCUT2D eigenvalue weighted by Crippen LogP contribution is 2.36. The maximum absolute atomic E-state index is 14.1. The molecule has 24 heavy (non-hydrogen) atoms. The molecular weight excluding hydrogens is 397 g/mol. The fraction of sp³-hybridized carbons (Fsp3) is 0.529. The zero-order chi connectivity index (χ0) is 18.4. The van der Waals surface area contributed by atoms with E-state index in [0.717, 1.165) is 0 Å². The number of halogens is 2. The van der Waals surface area contributed by atoms with E-state index in [1.165, 1.54) is 23.9 Å². The molecule has 0 fully saturated rings. The third-order valence-electron chi connectivity index (χ3n) is 3.06. The van der Waals surface area contributed by atoms with Crippen molar-refractivity contribution in [2.75, 3.05) is 5.32 Å². The van der Waals surface area contributed by atoms with Gasteiger partial charge >= 0.3 is 5.97 Å². The van der Waals surface area contributed by atoms with Crippen molar-refractivity contribution in [3.05, 3.63) is 22.4 Å². The summed E-state index contributed by atoms with van der Waals surface area (Å²) in [6.07, 6.45) is 0.387. The first kappa shape index (κ1) is 21.0. The van der Waals surface area contributed by atoms with Crippen molar-refractivity contribution in [3.63, 3.8) is 0 Å². The van der Waals surface area contributed by atoms with E-state index in [-0.39, 0.29) is 29.6 Å². The first-order valence-corrected chi connectivity index (χ1v) is 9.50. The van der Waals surface area contributed by atoms with Gasteiger partial charge in [0.1, 0.15) is 11.1 Å². The van der Waals surface area contributed by atoms with Gasteiger partial charge in [0.25, 0.3) is 0 Å². The number of benzene rings is 1. The van der Waals surface area contributed by atoms with E-state index in [0.29, 0.717) is 15.8 Å². The number of carbonyl (C=O) groups excluding carboxylic acids is 2. The lowest BCUT2D eigenvalue weighted by molar-refractivity contribution is -0.146. The first-order chi connectivity index (χ1) is 11.1. The van der Waals surface area contributed by atoms with Crippen LogP contribution in [0.4, 0.5) is 10.1 Å². The lowest BCUT2D eigenvalue weighted by Gasteiger charge is -2.17. The molecule has 0 aromatic heterocycles. The summed E-state index contributed by atoms with van der Waals surface area (Å²) in [5.41, 5.74) is 0.103. The molecular formula is C17H23BrFNO3S. The Morgan fingerprint density at radius 2 is 1.92 bits per heavy atom. The summed E-state index contributed by atoms with van der Waals surface area (Å²) < 4.78 is 19.8. The molecule has 1 rings (SSSR count). The Bertz CT molecular complexity index is 608. The van der Waals surface area contributed by atoms with Crippen LogP contribution in [0.5, 0.6) is 0 Å². The summed E-state index contributed by atoms with van der Waals surface area (Å²) in [6, 6.07) is 2.83. The number of rotatable bonds is 7. The monoisotopic (exact) mass is 419 g/mol. The summed E-state index contributed by atoms with van der Waals surface area (Å²) in [5, 5.41) is 2.17. The van der Waals surface area contributed by atoms with Crippen LogP contribution in [0.15, 0.2) is 21.5 Å². The van der Waals surface area contributed by atoms with Gasteiger partial charge in [-0.2, -0.15) is 0 Å². The number of thioether (sulfide) groups is 1. The van der Waals surface area contributed by atoms with Crippen molar-refractivity contribution >= 4 is 45.3 Å². The fourth-order valence-corrected chi connectivity index (χ4v) is 3.33. The van der Waals surface area contributed by atoms with Gasteiger partial charge in [-0.15, -0.1) is 11.8 Å². The Hall–Kier alpha value is -1.08. The summed E-state index contributed by atoms with van der Waals surface area (Å²) in [5.74, 6) is -1.36. The van der Waals surface area contributed by atoms with Gasteiger partial charge in [-0.05, 0) is 48.3 Å². The molecule has 1 unspecified atom stereocenters. The van der Waals surface area contributed by atoms with Crippen LogP contribution in [0.3, 0.4) is 0 Å². The second-order valence-electron chi connectivity index (χ2n) is 5.91. The highest BCUT2D eigenvalue weighted by molar-refractivity contribution is 9.10. The van der Waals surface area contributed by atoms with E-state index in [9.17, 15) is 14.0 Å². The highest BCUT2D eigenvalue weighted by Gasteiger charge is 2.23. The van der Waals surface area contributed by atoms with Crippen molar-refractivity contribution in [3.8, 4) is 0 Å². The Morgan fingerprint density at radius 3 is 2.42 bits per heavy atom. The van der Waals surface area contributed by atoms with Crippen molar-refractivity contribution in [2.45, 2.75) is 57.3 Å². The van der Waals surface area contributed by atoms with Gasteiger partial charge in [0.15, 0.2) is 0 Å². The third-order valence-corrected chi connectivity index (χ3v) is 5.38. The quantitative estimate of drug-likeness (QED) is 0.498. The molecule has 7 heteroatoms. The molecule has 0 aliphatic carbocycles. The van der Waals surface area contributed by atoms with Gasteiger partial charge in [0, 0.05) is 15.3 Å². The molecule has 0 heterocycles. The minimum Gasteiger partial charge on any atom is -0.462 e. The van der Waals surface area contributed by atoms with E-state index in [1.807, 2.05) is 6.92 Å². The minimum atomic E-state index is -0.530. The average molecular weight is 420 g/mol. The number of esters is 1. The lowest BCUT2D eigenvalue weighted by atomic mass is 10.2. The van der Waals surface area contributed by atoms with Crippen molar-refractivity contribution in [1.29, 1.82) is 0 Å². The number of amides is 1. The first-order valence-electron chi connectivity index (χ1n) is 7.82. The normalized spacial score (nSPS) is 12.4. The maximum atomic E-state index is 14.1. The molecule has 0 saturated carbocycles. The molecule has 0 radical (unpaired) electrons. The number of anilines is 1. The summed E-state index contributed by atoms with van der Waals surface area (Å²) in [7, 11) is 0. The SMILES string of the molecule is CCC(Sc1cc(NC(=O)C(C)C)c(F)cc1Br)C(=O)OC(C)C. The third kappa shape index (κ3) is 6.09. The van der Waals surface area contributed by atoms with Crippen molar-refractivity contribution in [1.82, 2.24) is 0 Å². The molecule has 4 nitrogen and oxygen atoms in total. The number of nitrogens with one attached hydrogen (secondary N) is 1. The van der Waals surface area contributed by atoms with E-state index in [2.05, 4.69) is 21.2 Å². The average Bonchev–Trinajstić information content (AvgIpc) is 2.47. The molecule has 1 N–H and O–H groups in total. The van der Waals surface area contributed by atoms with Crippen LogP contribution in [-0.2, 0) is 14.3 Å². The smallest absolute Gasteiger partial charge is 0.319 e. The molecule has 0 bridgehead atoms. The number of carbonyl (C=O) groups is 2. The number of hydrogen-bond donors (Lipinski definition) is 1. The molecule has 0 aliphatic rings. The second-order valence-corrected chi connectivity index (χ2v) is 8.01. The second kappa shape index (κ2) is 9.42. The number of hydrogen-bond acceptors (Lipinski definition) is 4. The minimum absolute atomic E-state index is 0.103. The Labute approximate surface area is 155 Å². The summed E-state index contributed by atoms with van der Waals surface area (Å²) in [4.78, 5) is 24.6. The maximum Gasteiger partial charge on any atom is 0.319 e. The Balaban J connectivity index is 3.01. The lowest BCUT2D eigenvalue weighted by Crippen LogP contribution is -2.23. The van der Waals surface area contributed by atoms with E-state index in [1.54, 1.807) is 27.7 Å². The van der Waals surface area contributed by atoms with Crippen LogP contribution in [-0.4, -0.2) is 23.2 Å². The number of ether oxygens (including phenoxy) is 1. The zero-order valence-electron chi connectivity index (χ0n) is 14.5. The van der Waals surface area contributed by atoms with Crippen LogP contribution >= 0.6 is 27.7 Å². The Kier molecular flexibility index (Phi) is 8.22. The van der Waals surface area contributed by atoms with Gasteiger partial charge in [-0.25, -0.2) is 4.39 Å². The Morgan fingerprint density at radius 1 is 1.29 bits per heavy atom. The molecule has 0 saturated heterocycles. The standard InChI is InChI=1S/C17H23BrFNO3S/c1-6-14(17(22)23-10(4)5)24-15-8-13(12(19)7-11(15)18)20-16(21)9(2)3/h7-10,14H,6H2,1-5H3,(H,20,21). The topological polar surface area (TPSA) is 55.4 Å². The van der Waals surface area contributed by atoms with Gasteiger partial charge in [-0.1, -0.05) is 20.8 Å². The molecule has 134 valence electrons. The van der Waals surface area contributed by atoms with E-state index < -0.39 is 11.1 Å². The predicted octanol–water partition coefficient (Wildman–Crippen LogP) is 5.01. The zero-order valence-corrected chi connectivity index (χ0v) is 16.9. The molecule has 0 aliphatic heterocycles. The van der Waals surface area contributed by atoms with Crippen LogP contribution < -0.4 is 5.32 Å². The molecule has 1 aromatic rings. The van der Waals surface area contributed by atoms with Gasteiger partial charge < -0.3 is 10.1 Å². The predicted molar refractivity (Wildman–Crippen MR) is 98.7 cm³/mol. The molecule has 1 amide bonds. The van der Waals surface area contributed by atoms with Gasteiger partial charge in [-0.3, -0.25) is 9.59 Å². The van der Waals surface area contributed by atoms with Crippen molar-refractivity contribution in [2.24, 2.45) is 5.92 Å². The van der Waals surface area contributed by atoms with E-state index >= 15 is 0 Å². The van der Waals surface area contributed by atoms with Crippen LogP contribution in [0.2, 0.25) is 0 Å². The van der Waals surface area contributed by atoms with Gasteiger partial charge in [0.05, 0.1) is 11.8 Å². The molecule has 1 aromatic carbocycles. The fourth-order valence-electron chi connectivity index (χ4n) is 1.75. The van der Waals surface area contributed by atoms with Crippen molar-refractivity contribution < 1.29 is 18.7 Å². The van der Waals surface area contributed by atoms with Crippen LogP contribution in [0, 0.1) is 11.7 Å². The largest absolute Gasteiger partial charge is 0.462 e. The molecule has 1 atom stereocenters. The highest BCUT2D eigenvalue weighted by atomic mass is 79.9. The van der Waals surface area contributed by atoms with Crippen LogP contribution in [0.25, 0.3) is 0 Å². The molecule has 0 spiro atoms. The van der Waals surface area contributed by atoms with Gasteiger partial charge in [0.2, 0.25) is 5.91 Å². The van der Waals surface area contributed by atoms with Crippen LogP contribution in [0.1, 0.15) is 41.0 Å². The summed E-state index contributed by atoms with van der Waals surface area (Å²) >= 11 is 4.59. The summed E-state index contributed by atoms with van der Waals surface area (Å²) in [6.45, 7) is 8.94.